The lowest BCUT2D eigenvalue weighted by Gasteiger charge is -2.30. The van der Waals surface area contributed by atoms with Crippen LogP contribution < -0.4 is 4.90 Å². The first kappa shape index (κ1) is 33.6. The van der Waals surface area contributed by atoms with Gasteiger partial charge in [0.2, 0.25) is 0 Å². The Morgan fingerprint density at radius 3 is 1.66 bits per heavy atom. The van der Waals surface area contributed by atoms with E-state index in [1.165, 1.54) is 43.8 Å². The number of para-hydroxylation sites is 1. The molecule has 2 heteroatoms. The predicted molar refractivity (Wildman–Crippen MR) is 245 cm³/mol. The highest BCUT2D eigenvalue weighted by Gasteiger charge is 2.22. The Balaban J connectivity index is 1.12. The van der Waals surface area contributed by atoms with Crippen LogP contribution in [0.2, 0.25) is 0 Å². The smallest absolute Gasteiger partial charge is 0.136 e. The van der Waals surface area contributed by atoms with E-state index < -0.39 is 0 Å². The zero-order valence-electron chi connectivity index (χ0n) is 31.7. The molecule has 0 N–H and O–H groups in total. The quantitative estimate of drug-likeness (QED) is 0.162. The minimum atomic E-state index is 0.885. The molecule has 58 heavy (non-hydrogen) atoms. The van der Waals surface area contributed by atoms with E-state index in [2.05, 4.69) is 229 Å². The van der Waals surface area contributed by atoms with Crippen molar-refractivity contribution in [3.8, 4) is 44.5 Å². The molecule has 0 saturated heterocycles. The number of fused-ring (bicyclic) bond motifs is 5. The van der Waals surface area contributed by atoms with E-state index in [1.54, 1.807) is 0 Å². The predicted octanol–water partition coefficient (Wildman–Crippen LogP) is 16.0. The molecule has 0 spiro atoms. The Bertz CT molecular complexity index is 3270. The van der Waals surface area contributed by atoms with E-state index in [0.717, 1.165) is 61.3 Å². The lowest BCUT2D eigenvalue weighted by Crippen LogP contribution is -2.12. The summed E-state index contributed by atoms with van der Waals surface area (Å²) in [5, 5.41) is 7.09. The third-order valence-corrected chi connectivity index (χ3v) is 11.4. The maximum Gasteiger partial charge on any atom is 0.136 e. The second-order valence-corrected chi connectivity index (χ2v) is 14.9. The van der Waals surface area contributed by atoms with Gasteiger partial charge in [0.15, 0.2) is 0 Å². The van der Waals surface area contributed by atoms with E-state index in [1.807, 2.05) is 0 Å². The van der Waals surface area contributed by atoms with E-state index in [4.69, 9.17) is 4.42 Å². The zero-order valence-corrected chi connectivity index (χ0v) is 31.7. The summed E-state index contributed by atoms with van der Waals surface area (Å²) in [5.41, 5.74) is 14.4. The van der Waals surface area contributed by atoms with Crippen LogP contribution in [0.15, 0.2) is 229 Å². The summed E-state index contributed by atoms with van der Waals surface area (Å²) in [5.74, 6) is 0. The third kappa shape index (κ3) is 5.91. The highest BCUT2D eigenvalue weighted by Crippen LogP contribution is 2.47. The summed E-state index contributed by atoms with van der Waals surface area (Å²) in [6.45, 7) is 0. The fourth-order valence-corrected chi connectivity index (χ4v) is 8.61. The van der Waals surface area contributed by atoms with Crippen molar-refractivity contribution in [2.24, 2.45) is 0 Å². The van der Waals surface area contributed by atoms with Gasteiger partial charge >= 0.3 is 0 Å². The molecule has 1 heterocycles. The van der Waals surface area contributed by atoms with Gasteiger partial charge in [0.25, 0.3) is 0 Å². The summed E-state index contributed by atoms with van der Waals surface area (Å²) in [7, 11) is 0. The van der Waals surface area contributed by atoms with Crippen molar-refractivity contribution < 1.29 is 4.42 Å². The number of benzene rings is 10. The summed E-state index contributed by atoms with van der Waals surface area (Å²) in [6, 6.07) is 80.8. The van der Waals surface area contributed by atoms with Crippen LogP contribution in [-0.2, 0) is 0 Å². The monoisotopic (exact) mass is 739 g/mol. The Kier molecular flexibility index (Phi) is 8.19. The molecule has 11 rings (SSSR count). The Morgan fingerprint density at radius 1 is 0.276 bits per heavy atom. The number of anilines is 3. The Morgan fingerprint density at radius 2 is 0.845 bits per heavy atom. The maximum atomic E-state index is 6.44. The van der Waals surface area contributed by atoms with Crippen LogP contribution in [0.4, 0.5) is 17.1 Å². The molecular weight excluding hydrogens is 703 g/mol. The van der Waals surface area contributed by atoms with Gasteiger partial charge in [-0.05, 0) is 110 Å². The van der Waals surface area contributed by atoms with Crippen molar-refractivity contribution in [2.75, 3.05) is 4.90 Å². The Labute approximate surface area is 337 Å². The second kappa shape index (κ2) is 14.1. The van der Waals surface area contributed by atoms with Crippen molar-refractivity contribution in [2.45, 2.75) is 0 Å². The zero-order chi connectivity index (χ0) is 38.4. The van der Waals surface area contributed by atoms with E-state index in [9.17, 15) is 0 Å². The first-order valence-electron chi connectivity index (χ1n) is 19.8. The van der Waals surface area contributed by atoms with Gasteiger partial charge < -0.3 is 9.32 Å². The van der Waals surface area contributed by atoms with Gasteiger partial charge in [-0.1, -0.05) is 170 Å². The highest BCUT2D eigenvalue weighted by molar-refractivity contribution is 6.11. The molecule has 0 radical (unpaired) electrons. The molecule has 0 fully saturated rings. The Hall–Kier alpha value is -7.68. The molecule has 0 atom stereocenters. The SMILES string of the molecule is c1ccc(-c2ccc(N(c3ccc(-c4cccc5ccccc45)cc3)c3ccccc3-c3ccc4oc5cc6ccccc6cc5c4c3)c(-c3ccccc3)c2)cc1. The average molecular weight is 740 g/mol. The summed E-state index contributed by atoms with van der Waals surface area (Å²) in [4.78, 5) is 2.44. The van der Waals surface area contributed by atoms with Crippen LogP contribution in [0.25, 0.3) is 88.0 Å². The molecule has 0 aliphatic rings. The molecule has 10 aromatic carbocycles. The molecule has 0 saturated carbocycles. The minimum Gasteiger partial charge on any atom is -0.456 e. The molecule has 0 amide bonds. The van der Waals surface area contributed by atoms with Gasteiger partial charge in [0.1, 0.15) is 11.2 Å². The standard InChI is InChI=1S/C56H37NO/c1-3-14-38(15-4-1)44-28-32-54(50(34-44)40-16-5-2-6-17-40)57(46-30-26-41(27-31-46)48-24-13-21-39-18-9-10-22-47(39)48)53-25-12-11-23-49(53)45-29-33-55-51(36-45)52-35-42-19-7-8-20-43(42)37-56(52)58-55/h1-37H. The van der Waals surface area contributed by atoms with Crippen LogP contribution >= 0.6 is 0 Å². The first-order valence-corrected chi connectivity index (χ1v) is 19.8. The van der Waals surface area contributed by atoms with Crippen molar-refractivity contribution in [1.82, 2.24) is 0 Å². The van der Waals surface area contributed by atoms with Crippen molar-refractivity contribution in [3.05, 3.63) is 224 Å². The number of rotatable bonds is 7. The van der Waals surface area contributed by atoms with Crippen LogP contribution in [0.1, 0.15) is 0 Å². The van der Waals surface area contributed by atoms with Crippen LogP contribution in [0.5, 0.6) is 0 Å². The van der Waals surface area contributed by atoms with E-state index in [0.29, 0.717) is 0 Å². The van der Waals surface area contributed by atoms with Gasteiger partial charge in [0.05, 0.1) is 11.4 Å². The number of furan rings is 1. The lowest BCUT2D eigenvalue weighted by atomic mass is 9.94. The molecule has 0 aliphatic carbocycles. The number of hydrogen-bond acceptors (Lipinski definition) is 2. The largest absolute Gasteiger partial charge is 0.456 e. The van der Waals surface area contributed by atoms with Crippen LogP contribution in [0, 0.1) is 0 Å². The average Bonchev–Trinajstić information content (AvgIpc) is 3.65. The first-order chi connectivity index (χ1) is 28.7. The third-order valence-electron chi connectivity index (χ3n) is 11.4. The van der Waals surface area contributed by atoms with Gasteiger partial charge in [-0.2, -0.15) is 0 Å². The fourth-order valence-electron chi connectivity index (χ4n) is 8.61. The topological polar surface area (TPSA) is 16.4 Å². The summed E-state index contributed by atoms with van der Waals surface area (Å²) >= 11 is 0. The van der Waals surface area contributed by atoms with E-state index in [-0.39, 0.29) is 0 Å². The maximum absolute atomic E-state index is 6.44. The second-order valence-electron chi connectivity index (χ2n) is 14.9. The van der Waals surface area contributed by atoms with Gasteiger partial charge in [0, 0.05) is 27.6 Å². The van der Waals surface area contributed by atoms with Crippen molar-refractivity contribution in [3.63, 3.8) is 0 Å². The van der Waals surface area contributed by atoms with Gasteiger partial charge in [-0.25, -0.2) is 0 Å². The van der Waals surface area contributed by atoms with Crippen molar-refractivity contribution in [1.29, 1.82) is 0 Å². The highest BCUT2D eigenvalue weighted by atomic mass is 16.3. The van der Waals surface area contributed by atoms with Crippen LogP contribution in [-0.4, -0.2) is 0 Å². The normalized spacial score (nSPS) is 11.4. The van der Waals surface area contributed by atoms with E-state index >= 15 is 0 Å². The molecule has 272 valence electrons. The van der Waals surface area contributed by atoms with Crippen molar-refractivity contribution >= 4 is 60.5 Å². The molecule has 0 aliphatic heterocycles. The molecule has 0 unspecified atom stereocenters. The van der Waals surface area contributed by atoms with Crippen LogP contribution in [0.3, 0.4) is 0 Å². The molecule has 2 nitrogen and oxygen atoms in total. The lowest BCUT2D eigenvalue weighted by molar-refractivity contribution is 0.669. The number of nitrogens with zero attached hydrogens (tertiary/aromatic N) is 1. The summed E-state index contributed by atoms with van der Waals surface area (Å²) in [6.07, 6.45) is 0. The molecule has 0 bridgehead atoms. The fraction of sp³-hybridized carbons (Fsp3) is 0. The van der Waals surface area contributed by atoms with Gasteiger partial charge in [-0.3, -0.25) is 0 Å². The molecule has 11 aromatic rings. The molecule has 1 aromatic heterocycles. The minimum absolute atomic E-state index is 0.885. The summed E-state index contributed by atoms with van der Waals surface area (Å²) < 4.78 is 6.44. The molecular formula is C56H37NO. The number of hydrogen-bond donors (Lipinski definition) is 0. The van der Waals surface area contributed by atoms with Gasteiger partial charge in [-0.15, -0.1) is 0 Å².